The lowest BCUT2D eigenvalue weighted by molar-refractivity contribution is -0.119. The molecule has 26 heavy (non-hydrogen) atoms. The van der Waals surface area contributed by atoms with Crippen LogP contribution in [0.15, 0.2) is 35.5 Å². The zero-order valence-corrected chi connectivity index (χ0v) is 15.5. The number of guanidine groups is 1. The predicted molar refractivity (Wildman–Crippen MR) is 106 cm³/mol. The summed E-state index contributed by atoms with van der Waals surface area (Å²) in [5, 5.41) is 4.67. The number of nitrogens with two attached hydrogens (primary N) is 1. The van der Waals surface area contributed by atoms with E-state index in [1.807, 2.05) is 6.07 Å². The number of H-pyrrole nitrogens is 1. The monoisotopic (exact) mass is 355 g/mol. The summed E-state index contributed by atoms with van der Waals surface area (Å²) in [6.07, 6.45) is 5.58. The van der Waals surface area contributed by atoms with Crippen LogP contribution in [0.3, 0.4) is 0 Å². The highest BCUT2D eigenvalue weighted by molar-refractivity contribution is 5.83. The highest BCUT2D eigenvalue weighted by Gasteiger charge is 2.23. The molecule has 1 fully saturated rings. The lowest BCUT2D eigenvalue weighted by Gasteiger charge is -2.34. The summed E-state index contributed by atoms with van der Waals surface area (Å²) in [5.74, 6) is 1.07. The Morgan fingerprint density at radius 3 is 3.08 bits per heavy atom. The van der Waals surface area contributed by atoms with E-state index >= 15 is 0 Å². The van der Waals surface area contributed by atoms with Gasteiger partial charge in [-0.05, 0) is 43.7 Å². The number of carbonyl (C=O) groups excluding carboxylic acids is 1. The van der Waals surface area contributed by atoms with E-state index in [9.17, 15) is 4.79 Å². The first-order valence-electron chi connectivity index (χ1n) is 9.54. The molecule has 6 heteroatoms. The first-order valence-corrected chi connectivity index (χ1v) is 9.54. The molecule has 0 radical (unpaired) electrons. The topological polar surface area (TPSA) is 86.5 Å². The number of aromatic nitrogens is 1. The Kier molecular flexibility index (Phi) is 6.15. The standard InChI is InChI=1S/C20H29N5O/c1-2-22-20(25-11-5-6-15(14-25)12-19(21)26)23-10-9-16-13-24-18-8-4-3-7-17(16)18/h3-4,7-8,13,15,24H,2,5-6,9-12,14H2,1H3,(H2,21,26)(H,22,23). The molecule has 0 bridgehead atoms. The summed E-state index contributed by atoms with van der Waals surface area (Å²) in [6, 6.07) is 8.36. The molecule has 4 N–H and O–H groups in total. The minimum absolute atomic E-state index is 0.210. The van der Waals surface area contributed by atoms with Crippen molar-refractivity contribution in [3.63, 3.8) is 0 Å². The summed E-state index contributed by atoms with van der Waals surface area (Å²) < 4.78 is 0. The lowest BCUT2D eigenvalue weighted by Crippen LogP contribution is -2.47. The molecule has 6 nitrogen and oxygen atoms in total. The fraction of sp³-hybridized carbons (Fsp3) is 0.500. The third kappa shape index (κ3) is 4.56. The molecule has 1 aliphatic rings. The zero-order valence-electron chi connectivity index (χ0n) is 15.5. The fourth-order valence-electron chi connectivity index (χ4n) is 3.76. The van der Waals surface area contributed by atoms with Crippen molar-refractivity contribution < 1.29 is 4.79 Å². The summed E-state index contributed by atoms with van der Waals surface area (Å²) in [5.41, 5.74) is 7.84. The van der Waals surface area contributed by atoms with E-state index in [4.69, 9.17) is 10.7 Å². The van der Waals surface area contributed by atoms with Gasteiger partial charge in [0, 0.05) is 49.7 Å². The fourth-order valence-corrected chi connectivity index (χ4v) is 3.76. The molecule has 1 amide bonds. The number of likely N-dealkylation sites (tertiary alicyclic amines) is 1. The van der Waals surface area contributed by atoms with Crippen LogP contribution in [0.5, 0.6) is 0 Å². The molecule has 0 saturated carbocycles. The minimum atomic E-state index is -0.210. The van der Waals surface area contributed by atoms with Crippen molar-refractivity contribution in [2.45, 2.75) is 32.6 Å². The van der Waals surface area contributed by atoms with Crippen LogP contribution in [0.25, 0.3) is 10.9 Å². The van der Waals surface area contributed by atoms with Crippen LogP contribution in [0.1, 0.15) is 31.7 Å². The number of rotatable bonds is 6. The Hall–Kier alpha value is -2.50. The van der Waals surface area contributed by atoms with Gasteiger partial charge in [-0.15, -0.1) is 0 Å². The van der Waals surface area contributed by atoms with Crippen molar-refractivity contribution in [1.29, 1.82) is 0 Å². The van der Waals surface area contributed by atoms with E-state index in [2.05, 4.69) is 46.5 Å². The van der Waals surface area contributed by atoms with Crippen LogP contribution >= 0.6 is 0 Å². The quantitative estimate of drug-likeness (QED) is 0.549. The number of amides is 1. The number of aromatic amines is 1. The van der Waals surface area contributed by atoms with Crippen LogP contribution in [0, 0.1) is 5.92 Å². The molecule has 2 aromatic rings. The van der Waals surface area contributed by atoms with E-state index in [-0.39, 0.29) is 5.91 Å². The third-order valence-corrected chi connectivity index (χ3v) is 4.96. The maximum Gasteiger partial charge on any atom is 0.217 e. The van der Waals surface area contributed by atoms with Crippen molar-refractivity contribution >= 4 is 22.8 Å². The SMILES string of the molecule is CCNC(=NCCc1c[nH]c2ccccc12)N1CCCC(CC(N)=O)C1. The summed E-state index contributed by atoms with van der Waals surface area (Å²) >= 11 is 0. The second kappa shape index (κ2) is 8.74. The van der Waals surface area contributed by atoms with Crippen molar-refractivity contribution in [3.05, 3.63) is 36.0 Å². The molecule has 0 spiro atoms. The van der Waals surface area contributed by atoms with Gasteiger partial charge in [-0.1, -0.05) is 18.2 Å². The van der Waals surface area contributed by atoms with Crippen molar-refractivity contribution in [2.75, 3.05) is 26.2 Å². The van der Waals surface area contributed by atoms with E-state index < -0.39 is 0 Å². The lowest BCUT2D eigenvalue weighted by atomic mass is 9.95. The molecule has 2 heterocycles. The van der Waals surface area contributed by atoms with Gasteiger partial charge in [-0.3, -0.25) is 9.79 Å². The number of nitrogens with one attached hydrogen (secondary N) is 2. The van der Waals surface area contributed by atoms with Gasteiger partial charge in [-0.25, -0.2) is 0 Å². The van der Waals surface area contributed by atoms with Gasteiger partial charge in [-0.2, -0.15) is 0 Å². The van der Waals surface area contributed by atoms with Crippen molar-refractivity contribution in [3.8, 4) is 0 Å². The number of para-hydroxylation sites is 1. The second-order valence-corrected chi connectivity index (χ2v) is 6.97. The molecule has 140 valence electrons. The molecule has 0 aliphatic carbocycles. The molecular formula is C20H29N5O. The van der Waals surface area contributed by atoms with E-state index in [1.54, 1.807) is 0 Å². The average Bonchev–Trinajstić information content (AvgIpc) is 3.04. The normalized spacial score (nSPS) is 18.3. The number of benzene rings is 1. The van der Waals surface area contributed by atoms with Crippen LogP contribution < -0.4 is 11.1 Å². The average molecular weight is 355 g/mol. The number of hydrogen-bond acceptors (Lipinski definition) is 2. The summed E-state index contributed by atoms with van der Waals surface area (Å²) in [4.78, 5) is 21.7. The number of fused-ring (bicyclic) bond motifs is 1. The predicted octanol–water partition coefficient (Wildman–Crippen LogP) is 2.26. The molecule has 1 saturated heterocycles. The highest BCUT2D eigenvalue weighted by Crippen LogP contribution is 2.20. The minimum Gasteiger partial charge on any atom is -0.370 e. The van der Waals surface area contributed by atoms with Crippen LogP contribution in [-0.2, 0) is 11.2 Å². The molecule has 3 rings (SSSR count). The molecule has 1 aromatic heterocycles. The molecule has 1 aromatic carbocycles. The van der Waals surface area contributed by atoms with Crippen LogP contribution in [0.2, 0.25) is 0 Å². The Balaban J connectivity index is 1.64. The molecular weight excluding hydrogens is 326 g/mol. The van der Waals surface area contributed by atoms with Gasteiger partial charge < -0.3 is 20.9 Å². The Bertz CT molecular complexity index is 766. The van der Waals surface area contributed by atoms with E-state index in [1.165, 1.54) is 16.5 Å². The number of aliphatic imine (C=N–C) groups is 1. The highest BCUT2D eigenvalue weighted by atomic mass is 16.1. The van der Waals surface area contributed by atoms with Crippen LogP contribution in [0.4, 0.5) is 0 Å². The number of piperidine rings is 1. The van der Waals surface area contributed by atoms with Gasteiger partial charge in [0.25, 0.3) is 0 Å². The second-order valence-electron chi connectivity index (χ2n) is 6.97. The Morgan fingerprint density at radius 2 is 2.27 bits per heavy atom. The maximum atomic E-state index is 11.2. The van der Waals surface area contributed by atoms with Crippen LogP contribution in [-0.4, -0.2) is 47.9 Å². The van der Waals surface area contributed by atoms with Gasteiger partial charge in [0.05, 0.1) is 0 Å². The Morgan fingerprint density at radius 1 is 1.42 bits per heavy atom. The van der Waals surface area contributed by atoms with Gasteiger partial charge >= 0.3 is 0 Å². The summed E-state index contributed by atoms with van der Waals surface area (Å²) in [7, 11) is 0. The van der Waals surface area contributed by atoms with Gasteiger partial charge in [0.1, 0.15) is 0 Å². The first kappa shape index (κ1) is 18.3. The van der Waals surface area contributed by atoms with Crippen molar-refractivity contribution in [1.82, 2.24) is 15.2 Å². The summed E-state index contributed by atoms with van der Waals surface area (Å²) in [6.45, 7) is 5.49. The number of hydrogen-bond donors (Lipinski definition) is 3. The van der Waals surface area contributed by atoms with Gasteiger partial charge in [0.2, 0.25) is 5.91 Å². The Labute approximate surface area is 154 Å². The molecule has 1 aliphatic heterocycles. The molecule has 1 atom stereocenters. The largest absolute Gasteiger partial charge is 0.370 e. The smallest absolute Gasteiger partial charge is 0.217 e. The third-order valence-electron chi connectivity index (χ3n) is 4.96. The van der Waals surface area contributed by atoms with E-state index in [0.29, 0.717) is 12.3 Å². The number of nitrogens with zero attached hydrogens (tertiary/aromatic N) is 2. The number of carbonyl (C=O) groups is 1. The van der Waals surface area contributed by atoms with Gasteiger partial charge in [0.15, 0.2) is 5.96 Å². The van der Waals surface area contributed by atoms with Crippen molar-refractivity contribution in [2.24, 2.45) is 16.6 Å². The van der Waals surface area contributed by atoms with E-state index in [0.717, 1.165) is 51.4 Å². The maximum absolute atomic E-state index is 11.2. The zero-order chi connectivity index (χ0) is 18.4. The number of primary amides is 1. The first-order chi connectivity index (χ1) is 12.7. The molecule has 1 unspecified atom stereocenters.